The van der Waals surface area contributed by atoms with Gasteiger partial charge in [-0.1, -0.05) is 34.6 Å². The summed E-state index contributed by atoms with van der Waals surface area (Å²) >= 11 is 0. The second kappa shape index (κ2) is 12.3. The van der Waals surface area contributed by atoms with Crippen LogP contribution >= 0.6 is 0 Å². The number of carbonyl (C=O) groups is 1. The molecule has 2 saturated heterocycles. The zero-order valence-corrected chi connectivity index (χ0v) is 32.2. The number of ether oxygens (including phenoxy) is 3. The number of amides is 1. The van der Waals surface area contributed by atoms with Crippen LogP contribution in [0.5, 0.6) is 0 Å². The molecule has 2 spiro atoms. The van der Waals surface area contributed by atoms with Crippen molar-refractivity contribution < 1.29 is 29.2 Å². The van der Waals surface area contributed by atoms with Gasteiger partial charge in [-0.05, 0) is 119 Å². The maximum Gasteiger partial charge on any atom is 0.407 e. The third-order valence-corrected chi connectivity index (χ3v) is 16.7. The molecule has 2 heterocycles. The second-order valence-electron chi connectivity index (χ2n) is 19.5. The van der Waals surface area contributed by atoms with E-state index in [0.29, 0.717) is 30.9 Å². The zero-order valence-electron chi connectivity index (χ0n) is 32.2. The fourth-order valence-electron chi connectivity index (χ4n) is 14.2. The van der Waals surface area contributed by atoms with Crippen LogP contribution < -0.4 is 5.32 Å². The first-order chi connectivity index (χ1) is 23.0. The lowest BCUT2D eigenvalue weighted by Gasteiger charge is -2.63. The van der Waals surface area contributed by atoms with E-state index in [1.165, 1.54) is 12.8 Å². The number of aliphatic hydroxyl groups is 2. The standard InChI is InChI=1S/C40H69N3O6/c1-10-47-33(36(5,6)46)26-23-25(2)30-31(48-26)32(44)38(8)28-12-11-27-35(3,4)29(13-14-39(27)24-40(28,39)16-15-37(30,38)7)49-34(45)41-17-18-43-21-19-42(9)20-22-43/h25-33,44,46H,10-24H2,1-9H3,(H,41,45). The van der Waals surface area contributed by atoms with Crippen molar-refractivity contribution >= 4 is 6.09 Å². The molecule has 9 heteroatoms. The Morgan fingerprint density at radius 2 is 1.69 bits per heavy atom. The molecule has 49 heavy (non-hydrogen) atoms. The lowest BCUT2D eigenvalue weighted by molar-refractivity contribution is -0.215. The normalized spacial score (nSPS) is 48.3. The first kappa shape index (κ1) is 36.4. The van der Waals surface area contributed by atoms with Crippen LogP contribution in [0.3, 0.4) is 0 Å². The second-order valence-corrected chi connectivity index (χ2v) is 19.5. The van der Waals surface area contributed by atoms with Crippen molar-refractivity contribution in [1.82, 2.24) is 15.1 Å². The average molecular weight is 688 g/mol. The summed E-state index contributed by atoms with van der Waals surface area (Å²) in [4.78, 5) is 17.9. The highest BCUT2D eigenvalue weighted by molar-refractivity contribution is 5.67. The predicted molar refractivity (Wildman–Crippen MR) is 190 cm³/mol. The monoisotopic (exact) mass is 688 g/mol. The Labute approximate surface area is 296 Å². The average Bonchev–Trinajstić information content (AvgIpc) is 3.66. The zero-order chi connectivity index (χ0) is 35.4. The van der Waals surface area contributed by atoms with Gasteiger partial charge in [-0.15, -0.1) is 0 Å². The highest BCUT2D eigenvalue weighted by atomic mass is 16.6. The summed E-state index contributed by atoms with van der Waals surface area (Å²) in [5.41, 5.74) is -0.861. The van der Waals surface area contributed by atoms with Crippen molar-refractivity contribution in [3.63, 3.8) is 0 Å². The maximum absolute atomic E-state index is 13.1. The van der Waals surface area contributed by atoms with Crippen molar-refractivity contribution in [3.05, 3.63) is 0 Å². The summed E-state index contributed by atoms with van der Waals surface area (Å²) in [7, 11) is 2.16. The molecule has 13 atom stereocenters. The summed E-state index contributed by atoms with van der Waals surface area (Å²) in [6.07, 6.45) is 6.93. The number of hydrogen-bond donors (Lipinski definition) is 3. The van der Waals surface area contributed by atoms with Gasteiger partial charge in [0.05, 0.1) is 23.9 Å². The summed E-state index contributed by atoms with van der Waals surface area (Å²) in [5, 5.41) is 26.7. The summed E-state index contributed by atoms with van der Waals surface area (Å²) in [6.45, 7) is 23.9. The van der Waals surface area contributed by atoms with E-state index in [4.69, 9.17) is 14.2 Å². The molecule has 5 aliphatic carbocycles. The fraction of sp³-hybridized carbons (Fsp3) is 0.975. The van der Waals surface area contributed by atoms with E-state index in [1.807, 2.05) is 20.8 Å². The molecule has 0 aromatic heterocycles. The quantitative estimate of drug-likeness (QED) is 0.315. The molecule has 9 nitrogen and oxygen atoms in total. The van der Waals surface area contributed by atoms with Crippen LogP contribution in [0.15, 0.2) is 0 Å². The SMILES string of the molecule is CCOC(C1CC(C)C2C(O1)C(O)C1(C)C3CCC4C(C)(C)C(OC(=O)NCCN5CCN(C)CC5)CCC45CC35CCC21C)C(C)(C)O. The lowest BCUT2D eigenvalue weighted by atomic mass is 9.41. The number of nitrogens with zero attached hydrogens (tertiary/aromatic N) is 2. The summed E-state index contributed by atoms with van der Waals surface area (Å²) in [6, 6.07) is 0. The van der Waals surface area contributed by atoms with Gasteiger partial charge in [0.2, 0.25) is 0 Å². The molecule has 280 valence electrons. The number of likely N-dealkylation sites (N-methyl/N-ethyl adjacent to an activating group) is 1. The summed E-state index contributed by atoms with van der Waals surface area (Å²) in [5.74, 6) is 1.62. The number of nitrogens with one attached hydrogen (secondary N) is 1. The minimum atomic E-state index is -1.03. The van der Waals surface area contributed by atoms with Gasteiger partial charge < -0.3 is 34.6 Å². The number of rotatable bonds is 8. The molecule has 5 saturated carbocycles. The molecule has 0 radical (unpaired) electrons. The molecule has 3 N–H and O–H groups in total. The number of aliphatic hydroxyl groups excluding tert-OH is 1. The van der Waals surface area contributed by atoms with Gasteiger partial charge in [0.1, 0.15) is 12.2 Å². The van der Waals surface area contributed by atoms with Crippen LogP contribution in [0.25, 0.3) is 0 Å². The van der Waals surface area contributed by atoms with Gasteiger partial charge >= 0.3 is 6.09 Å². The minimum absolute atomic E-state index is 0.0120. The van der Waals surface area contributed by atoms with E-state index in [-0.39, 0.29) is 57.4 Å². The topological polar surface area (TPSA) is 104 Å². The minimum Gasteiger partial charge on any atom is -0.446 e. The van der Waals surface area contributed by atoms with Gasteiger partial charge in [-0.2, -0.15) is 0 Å². The molecule has 0 aromatic carbocycles. The van der Waals surface area contributed by atoms with E-state index in [0.717, 1.165) is 71.2 Å². The van der Waals surface area contributed by atoms with Gasteiger partial charge in [0.15, 0.2) is 0 Å². The molecular formula is C40H69N3O6. The predicted octanol–water partition coefficient (Wildman–Crippen LogP) is 5.32. The Bertz CT molecular complexity index is 1250. The third kappa shape index (κ3) is 5.31. The molecule has 7 fully saturated rings. The number of fused-ring (bicyclic) bond motifs is 4. The van der Waals surface area contributed by atoms with Crippen LogP contribution in [0.2, 0.25) is 0 Å². The van der Waals surface area contributed by atoms with Crippen molar-refractivity contribution in [2.45, 2.75) is 143 Å². The van der Waals surface area contributed by atoms with Gasteiger partial charge in [-0.3, -0.25) is 4.90 Å². The van der Waals surface area contributed by atoms with Crippen molar-refractivity contribution in [2.75, 3.05) is 52.9 Å². The van der Waals surface area contributed by atoms with E-state index in [2.05, 4.69) is 56.8 Å². The molecule has 0 bridgehead atoms. The van der Waals surface area contributed by atoms with E-state index in [1.54, 1.807) is 0 Å². The Hall–Kier alpha value is -0.970. The van der Waals surface area contributed by atoms with Crippen LogP contribution in [0.4, 0.5) is 4.79 Å². The third-order valence-electron chi connectivity index (χ3n) is 16.7. The lowest BCUT2D eigenvalue weighted by Crippen LogP contribution is -2.60. The molecule has 7 aliphatic rings. The highest BCUT2D eigenvalue weighted by Crippen LogP contribution is 2.89. The maximum atomic E-state index is 13.1. The van der Waals surface area contributed by atoms with E-state index < -0.39 is 17.8 Å². The van der Waals surface area contributed by atoms with Crippen LogP contribution in [0, 0.1) is 50.7 Å². The Morgan fingerprint density at radius 3 is 2.37 bits per heavy atom. The number of hydrogen-bond acceptors (Lipinski definition) is 8. The molecule has 0 aromatic rings. The van der Waals surface area contributed by atoms with E-state index >= 15 is 0 Å². The molecule has 2 aliphatic heterocycles. The van der Waals surface area contributed by atoms with Crippen molar-refractivity contribution in [1.29, 1.82) is 0 Å². The molecule has 13 unspecified atom stereocenters. The Kier molecular flexibility index (Phi) is 9.13. The smallest absolute Gasteiger partial charge is 0.407 e. The molecule has 1 amide bonds. The Morgan fingerprint density at radius 1 is 1.02 bits per heavy atom. The van der Waals surface area contributed by atoms with Gasteiger partial charge in [-0.25, -0.2) is 4.79 Å². The van der Waals surface area contributed by atoms with Crippen LogP contribution in [-0.4, -0.2) is 115 Å². The molecular weight excluding hydrogens is 618 g/mol. The van der Waals surface area contributed by atoms with Gasteiger partial charge in [0.25, 0.3) is 0 Å². The van der Waals surface area contributed by atoms with Crippen molar-refractivity contribution in [2.24, 2.45) is 50.7 Å². The summed E-state index contributed by atoms with van der Waals surface area (Å²) < 4.78 is 19.3. The van der Waals surface area contributed by atoms with E-state index in [9.17, 15) is 15.0 Å². The first-order valence-electron chi connectivity index (χ1n) is 20.0. The first-order valence-corrected chi connectivity index (χ1v) is 20.0. The number of piperazine rings is 1. The Balaban J connectivity index is 1.05. The highest BCUT2D eigenvalue weighted by Gasteiger charge is 2.84. The molecule has 7 rings (SSSR count). The fourth-order valence-corrected chi connectivity index (χ4v) is 14.2. The van der Waals surface area contributed by atoms with Crippen LogP contribution in [0.1, 0.15) is 107 Å². The number of carbonyl (C=O) groups excluding carboxylic acids is 1. The van der Waals surface area contributed by atoms with Crippen LogP contribution in [-0.2, 0) is 14.2 Å². The van der Waals surface area contributed by atoms with Crippen molar-refractivity contribution in [3.8, 4) is 0 Å². The number of alkyl carbamates (subject to hydrolysis) is 1. The largest absolute Gasteiger partial charge is 0.446 e. The van der Waals surface area contributed by atoms with Gasteiger partial charge in [0, 0.05) is 56.7 Å².